The number of likely N-dealkylation sites (N-methyl/N-ethyl adjacent to an activating group) is 1. The second kappa shape index (κ2) is 10.9. The molecule has 0 atom stereocenters. The van der Waals surface area contributed by atoms with E-state index in [4.69, 9.17) is 4.74 Å². The van der Waals surface area contributed by atoms with Crippen molar-refractivity contribution in [1.29, 1.82) is 0 Å². The van der Waals surface area contributed by atoms with Gasteiger partial charge < -0.3 is 14.5 Å². The van der Waals surface area contributed by atoms with Crippen molar-refractivity contribution in [3.63, 3.8) is 0 Å². The van der Waals surface area contributed by atoms with Crippen molar-refractivity contribution in [2.24, 2.45) is 0 Å². The molecule has 8 heteroatoms. The highest BCUT2D eigenvalue weighted by molar-refractivity contribution is 5.79. The lowest BCUT2D eigenvalue weighted by Gasteiger charge is -2.35. The third-order valence-corrected chi connectivity index (χ3v) is 5.26. The van der Waals surface area contributed by atoms with Gasteiger partial charge in [-0.2, -0.15) is 0 Å². The molecule has 1 heterocycles. The van der Waals surface area contributed by atoms with Crippen LogP contribution in [0.15, 0.2) is 48.5 Å². The van der Waals surface area contributed by atoms with E-state index in [1.54, 1.807) is 21.9 Å². The van der Waals surface area contributed by atoms with Gasteiger partial charge in [-0.15, -0.1) is 0 Å². The van der Waals surface area contributed by atoms with Gasteiger partial charge in [0.2, 0.25) is 5.91 Å². The largest absolute Gasteiger partial charge is 0.484 e. The van der Waals surface area contributed by atoms with Crippen LogP contribution in [0, 0.1) is 11.6 Å². The molecule has 31 heavy (non-hydrogen) atoms. The molecule has 2 aromatic carbocycles. The van der Waals surface area contributed by atoms with Crippen LogP contribution in [0.1, 0.15) is 12.5 Å². The first kappa shape index (κ1) is 22.7. The highest BCUT2D eigenvalue weighted by atomic mass is 19.1. The molecule has 0 spiro atoms. The second-order valence-electron chi connectivity index (χ2n) is 7.44. The minimum atomic E-state index is -0.359. The lowest BCUT2D eigenvalue weighted by molar-refractivity contribution is -0.136. The zero-order valence-electron chi connectivity index (χ0n) is 17.6. The number of ether oxygens (including phenoxy) is 1. The average Bonchev–Trinajstić information content (AvgIpc) is 2.77. The minimum absolute atomic E-state index is 0.0221. The highest BCUT2D eigenvalue weighted by Crippen LogP contribution is 2.12. The van der Waals surface area contributed by atoms with Gasteiger partial charge in [-0.25, -0.2) is 8.78 Å². The van der Waals surface area contributed by atoms with E-state index in [1.807, 2.05) is 11.8 Å². The number of benzene rings is 2. The van der Waals surface area contributed by atoms with E-state index in [1.165, 1.54) is 36.4 Å². The number of carbonyl (C=O) groups is 2. The van der Waals surface area contributed by atoms with Crippen molar-refractivity contribution in [2.75, 3.05) is 45.9 Å². The summed E-state index contributed by atoms with van der Waals surface area (Å²) in [5.41, 5.74) is 0.756. The fourth-order valence-corrected chi connectivity index (χ4v) is 3.45. The maximum atomic E-state index is 13.4. The van der Waals surface area contributed by atoms with Gasteiger partial charge in [-0.1, -0.05) is 12.1 Å². The summed E-state index contributed by atoms with van der Waals surface area (Å²) in [6.45, 7) is 5.15. The highest BCUT2D eigenvalue weighted by Gasteiger charge is 2.24. The molecule has 0 radical (unpaired) electrons. The summed E-state index contributed by atoms with van der Waals surface area (Å²) in [5, 5.41) is 0. The van der Waals surface area contributed by atoms with Crippen LogP contribution in [0.2, 0.25) is 0 Å². The van der Waals surface area contributed by atoms with Crippen LogP contribution >= 0.6 is 0 Å². The summed E-state index contributed by atoms with van der Waals surface area (Å²) in [4.78, 5) is 30.5. The van der Waals surface area contributed by atoms with Gasteiger partial charge in [0.05, 0.1) is 6.54 Å². The monoisotopic (exact) mass is 431 g/mol. The molecule has 0 bridgehead atoms. The number of piperazine rings is 1. The van der Waals surface area contributed by atoms with Gasteiger partial charge in [-0.05, 0) is 48.9 Å². The minimum Gasteiger partial charge on any atom is -0.484 e. The number of amides is 2. The number of carbonyl (C=O) groups excluding carboxylic acids is 2. The molecule has 3 rings (SSSR count). The number of nitrogens with zero attached hydrogens (tertiary/aromatic N) is 3. The van der Waals surface area contributed by atoms with Gasteiger partial charge in [0.25, 0.3) is 5.91 Å². The molecule has 2 aromatic rings. The van der Waals surface area contributed by atoms with E-state index in [-0.39, 0.29) is 36.6 Å². The fraction of sp³-hybridized carbons (Fsp3) is 0.391. The Morgan fingerprint density at radius 3 is 2.35 bits per heavy atom. The molecule has 0 saturated carbocycles. The molecule has 166 valence electrons. The Balaban J connectivity index is 1.42. The first-order valence-electron chi connectivity index (χ1n) is 10.4. The quantitative estimate of drug-likeness (QED) is 0.645. The van der Waals surface area contributed by atoms with Crippen molar-refractivity contribution in [3.8, 4) is 5.75 Å². The van der Waals surface area contributed by atoms with E-state index in [9.17, 15) is 18.4 Å². The molecule has 0 aliphatic carbocycles. The standard InChI is InChI=1S/C23H27F2N3O3/c1-2-27(15-18-4-3-5-20(25)14-18)22(29)16-26-10-12-28(13-11-26)23(30)17-31-21-8-6-19(24)7-9-21/h3-9,14H,2,10-13,15-17H2,1H3. The Kier molecular flexibility index (Phi) is 7.94. The number of hydrogen-bond donors (Lipinski definition) is 0. The van der Waals surface area contributed by atoms with Crippen LogP contribution in [0.4, 0.5) is 8.78 Å². The summed E-state index contributed by atoms with van der Waals surface area (Å²) >= 11 is 0. The van der Waals surface area contributed by atoms with E-state index in [2.05, 4.69) is 0 Å². The second-order valence-corrected chi connectivity index (χ2v) is 7.44. The Labute approximate surface area is 181 Å². The number of rotatable bonds is 8. The molecular formula is C23H27F2N3O3. The zero-order valence-corrected chi connectivity index (χ0v) is 17.6. The molecule has 1 aliphatic heterocycles. The Morgan fingerprint density at radius 2 is 1.71 bits per heavy atom. The Hall–Kier alpha value is -3.00. The summed E-state index contributed by atoms with van der Waals surface area (Å²) in [7, 11) is 0. The lowest BCUT2D eigenvalue weighted by Crippen LogP contribution is -2.52. The molecule has 1 fully saturated rings. The van der Waals surface area contributed by atoms with E-state index in [0.29, 0.717) is 45.0 Å². The van der Waals surface area contributed by atoms with Crippen molar-refractivity contribution >= 4 is 11.8 Å². The molecule has 0 unspecified atom stereocenters. The topological polar surface area (TPSA) is 53.1 Å². The normalized spacial score (nSPS) is 14.4. The smallest absolute Gasteiger partial charge is 0.260 e. The molecule has 0 aromatic heterocycles. The van der Waals surface area contributed by atoms with Gasteiger partial charge >= 0.3 is 0 Å². The van der Waals surface area contributed by atoms with Gasteiger partial charge in [-0.3, -0.25) is 14.5 Å². The fourth-order valence-electron chi connectivity index (χ4n) is 3.45. The maximum Gasteiger partial charge on any atom is 0.260 e. The van der Waals surface area contributed by atoms with Gasteiger partial charge in [0.1, 0.15) is 17.4 Å². The van der Waals surface area contributed by atoms with Gasteiger partial charge in [0.15, 0.2) is 6.61 Å². The Morgan fingerprint density at radius 1 is 1.00 bits per heavy atom. The van der Waals surface area contributed by atoms with E-state index >= 15 is 0 Å². The molecule has 6 nitrogen and oxygen atoms in total. The van der Waals surface area contributed by atoms with Crippen LogP contribution in [-0.4, -0.2) is 72.4 Å². The van der Waals surface area contributed by atoms with Crippen molar-refractivity contribution in [3.05, 3.63) is 65.7 Å². The maximum absolute atomic E-state index is 13.4. The molecule has 2 amide bonds. The zero-order chi connectivity index (χ0) is 22.2. The third-order valence-electron chi connectivity index (χ3n) is 5.26. The summed E-state index contributed by atoms with van der Waals surface area (Å²) in [6, 6.07) is 11.8. The van der Waals surface area contributed by atoms with Crippen molar-refractivity contribution < 1.29 is 23.1 Å². The molecule has 0 N–H and O–H groups in total. The van der Waals surface area contributed by atoms with Crippen LogP contribution in [0.3, 0.4) is 0 Å². The lowest BCUT2D eigenvalue weighted by atomic mass is 10.2. The molecular weight excluding hydrogens is 404 g/mol. The van der Waals surface area contributed by atoms with Crippen LogP contribution in [0.5, 0.6) is 5.75 Å². The SMILES string of the molecule is CCN(Cc1cccc(F)c1)C(=O)CN1CCN(C(=O)COc2ccc(F)cc2)CC1. The number of halogens is 2. The van der Waals surface area contributed by atoms with E-state index < -0.39 is 0 Å². The third kappa shape index (κ3) is 6.75. The van der Waals surface area contributed by atoms with Crippen LogP contribution < -0.4 is 4.74 Å². The van der Waals surface area contributed by atoms with Crippen LogP contribution in [0.25, 0.3) is 0 Å². The Bertz CT molecular complexity index is 884. The predicted molar refractivity (Wildman–Crippen MR) is 112 cm³/mol. The molecule has 1 saturated heterocycles. The van der Waals surface area contributed by atoms with E-state index in [0.717, 1.165) is 5.56 Å². The predicted octanol–water partition coefficient (Wildman–Crippen LogP) is 2.54. The number of hydrogen-bond acceptors (Lipinski definition) is 4. The average molecular weight is 431 g/mol. The first-order chi connectivity index (χ1) is 14.9. The van der Waals surface area contributed by atoms with Crippen LogP contribution in [-0.2, 0) is 16.1 Å². The first-order valence-corrected chi connectivity index (χ1v) is 10.4. The molecule has 1 aliphatic rings. The summed E-state index contributed by atoms with van der Waals surface area (Å²) < 4.78 is 31.7. The van der Waals surface area contributed by atoms with Crippen molar-refractivity contribution in [1.82, 2.24) is 14.7 Å². The summed E-state index contributed by atoms with van der Waals surface area (Å²) in [6.07, 6.45) is 0. The van der Waals surface area contributed by atoms with Gasteiger partial charge in [0, 0.05) is 39.3 Å². The van der Waals surface area contributed by atoms with Crippen molar-refractivity contribution in [2.45, 2.75) is 13.5 Å². The summed E-state index contributed by atoms with van der Waals surface area (Å²) in [5.74, 6) is -0.396.